The van der Waals surface area contributed by atoms with Crippen molar-refractivity contribution in [3.63, 3.8) is 0 Å². The van der Waals surface area contributed by atoms with Crippen LogP contribution < -0.4 is 4.74 Å². The molecule has 0 amide bonds. The molecule has 0 aromatic heterocycles. The van der Waals surface area contributed by atoms with E-state index in [1.54, 1.807) is 19.1 Å². The smallest absolute Gasteiger partial charge is 0.387 e. The molecule has 1 heterocycles. The molecule has 0 radical (unpaired) electrons. The second-order valence-corrected chi connectivity index (χ2v) is 5.47. The first-order chi connectivity index (χ1) is 9.88. The van der Waals surface area contributed by atoms with Crippen LogP contribution in [0.4, 0.5) is 8.78 Å². The van der Waals surface area contributed by atoms with E-state index >= 15 is 0 Å². The van der Waals surface area contributed by atoms with E-state index in [9.17, 15) is 13.6 Å². The van der Waals surface area contributed by atoms with Crippen LogP contribution >= 0.6 is 0 Å². The number of likely N-dealkylation sites (tertiary alicyclic amines) is 1. The van der Waals surface area contributed by atoms with Crippen molar-refractivity contribution in [3.05, 3.63) is 29.8 Å². The number of alkyl halides is 2. The molecule has 0 aliphatic carbocycles. The molecule has 2 unspecified atom stereocenters. The molecule has 6 heteroatoms. The second kappa shape index (κ2) is 6.39. The molecule has 1 aromatic rings. The third kappa shape index (κ3) is 3.69. The van der Waals surface area contributed by atoms with Crippen molar-refractivity contribution < 1.29 is 23.4 Å². The Kier molecular flexibility index (Phi) is 4.77. The van der Waals surface area contributed by atoms with E-state index in [1.165, 1.54) is 6.07 Å². The maximum absolute atomic E-state index is 12.2. The van der Waals surface area contributed by atoms with Gasteiger partial charge in [-0.2, -0.15) is 8.78 Å². The predicted molar refractivity (Wildman–Crippen MR) is 73.4 cm³/mol. The topological polar surface area (TPSA) is 49.8 Å². The lowest BCUT2D eigenvalue weighted by Gasteiger charge is -2.45. The van der Waals surface area contributed by atoms with Crippen LogP contribution in [0, 0.1) is 11.8 Å². The molecule has 1 aromatic carbocycles. The molecule has 21 heavy (non-hydrogen) atoms. The van der Waals surface area contributed by atoms with Crippen molar-refractivity contribution in [2.75, 3.05) is 13.1 Å². The van der Waals surface area contributed by atoms with E-state index in [1.807, 2.05) is 13.0 Å². The minimum absolute atomic E-state index is 0.0449. The van der Waals surface area contributed by atoms with E-state index in [0.29, 0.717) is 13.1 Å². The summed E-state index contributed by atoms with van der Waals surface area (Å²) in [7, 11) is 0. The molecule has 0 bridgehead atoms. The lowest BCUT2D eigenvalue weighted by molar-refractivity contribution is -0.146. The number of rotatable bonds is 6. The molecular weight excluding hydrogens is 280 g/mol. The number of halogens is 2. The van der Waals surface area contributed by atoms with Crippen molar-refractivity contribution >= 4 is 5.97 Å². The van der Waals surface area contributed by atoms with Gasteiger partial charge in [0.15, 0.2) is 0 Å². The van der Waals surface area contributed by atoms with Crippen LogP contribution in [0.3, 0.4) is 0 Å². The van der Waals surface area contributed by atoms with E-state index < -0.39 is 12.6 Å². The van der Waals surface area contributed by atoms with Gasteiger partial charge in [0.2, 0.25) is 0 Å². The van der Waals surface area contributed by atoms with Crippen molar-refractivity contribution in [3.8, 4) is 5.75 Å². The molecule has 116 valence electrons. The first-order valence-corrected chi connectivity index (χ1v) is 6.90. The van der Waals surface area contributed by atoms with Crippen LogP contribution in [0.1, 0.15) is 25.5 Å². The summed E-state index contributed by atoms with van der Waals surface area (Å²) in [5.74, 6) is -0.850. The molecule has 4 nitrogen and oxygen atoms in total. The monoisotopic (exact) mass is 299 g/mol. The summed E-state index contributed by atoms with van der Waals surface area (Å²) >= 11 is 0. The molecule has 2 atom stereocenters. The van der Waals surface area contributed by atoms with Crippen LogP contribution in [0.5, 0.6) is 5.75 Å². The van der Waals surface area contributed by atoms with Gasteiger partial charge in [0, 0.05) is 19.1 Å². The van der Waals surface area contributed by atoms with E-state index in [4.69, 9.17) is 5.11 Å². The highest BCUT2D eigenvalue weighted by Gasteiger charge is 2.37. The van der Waals surface area contributed by atoms with Gasteiger partial charge in [-0.25, -0.2) is 0 Å². The van der Waals surface area contributed by atoms with Crippen molar-refractivity contribution in [1.29, 1.82) is 0 Å². The quantitative estimate of drug-likeness (QED) is 0.877. The first-order valence-electron chi connectivity index (χ1n) is 6.90. The van der Waals surface area contributed by atoms with Crippen LogP contribution in [0.2, 0.25) is 0 Å². The molecule has 0 saturated carbocycles. The Balaban J connectivity index is 1.96. The van der Waals surface area contributed by atoms with Crippen LogP contribution in [0.15, 0.2) is 24.3 Å². The van der Waals surface area contributed by atoms with E-state index in [-0.39, 0.29) is 23.6 Å². The summed E-state index contributed by atoms with van der Waals surface area (Å²) in [5, 5.41) is 8.97. The van der Waals surface area contributed by atoms with Crippen molar-refractivity contribution in [1.82, 2.24) is 4.90 Å². The van der Waals surface area contributed by atoms with Gasteiger partial charge < -0.3 is 9.84 Å². The van der Waals surface area contributed by atoms with Gasteiger partial charge in [0.25, 0.3) is 0 Å². The maximum Gasteiger partial charge on any atom is 0.387 e. The zero-order chi connectivity index (χ0) is 15.6. The number of carboxylic acid groups (broad SMARTS) is 1. The summed E-state index contributed by atoms with van der Waals surface area (Å²) in [6.45, 7) is 2.26. The number of benzene rings is 1. The lowest BCUT2D eigenvalue weighted by atomic mass is 9.85. The average molecular weight is 299 g/mol. The molecular formula is C15H19F2NO3. The summed E-state index contributed by atoms with van der Waals surface area (Å²) < 4.78 is 28.8. The SMILES string of the molecule is CC(C(=O)O)C1CN(C(C)c2cccc(OC(F)F)c2)C1. The van der Waals surface area contributed by atoms with Gasteiger partial charge in [0.1, 0.15) is 5.75 Å². The molecule has 1 aliphatic heterocycles. The fourth-order valence-corrected chi connectivity index (χ4v) is 2.54. The first kappa shape index (κ1) is 15.7. The lowest BCUT2D eigenvalue weighted by Crippen LogP contribution is -2.51. The average Bonchev–Trinajstić information content (AvgIpc) is 2.36. The fourth-order valence-electron chi connectivity index (χ4n) is 2.54. The standard InChI is InChI=1S/C15H19F2NO3/c1-9(14(19)20)12-7-18(8-12)10(2)11-4-3-5-13(6-11)21-15(16)17/h3-6,9-10,12,15H,7-8H2,1-2H3,(H,19,20). The summed E-state index contributed by atoms with van der Waals surface area (Å²) in [6.07, 6.45) is 0. The predicted octanol–water partition coefficient (Wildman–Crippen LogP) is 3.00. The highest BCUT2D eigenvalue weighted by Crippen LogP contribution is 2.33. The zero-order valence-corrected chi connectivity index (χ0v) is 12.0. The van der Waals surface area contributed by atoms with E-state index in [0.717, 1.165) is 5.56 Å². The number of hydrogen-bond acceptors (Lipinski definition) is 3. The molecule has 0 spiro atoms. The molecule has 1 aliphatic rings. The number of carbonyl (C=O) groups is 1. The number of hydrogen-bond donors (Lipinski definition) is 1. The van der Waals surface area contributed by atoms with Crippen molar-refractivity contribution in [2.24, 2.45) is 11.8 Å². The van der Waals surface area contributed by atoms with Gasteiger partial charge in [0.05, 0.1) is 5.92 Å². The normalized spacial score (nSPS) is 19.1. The van der Waals surface area contributed by atoms with Gasteiger partial charge in [-0.05, 0) is 30.5 Å². The molecule has 1 saturated heterocycles. The number of ether oxygens (including phenoxy) is 1. The zero-order valence-electron chi connectivity index (χ0n) is 12.0. The number of nitrogens with zero attached hydrogens (tertiary/aromatic N) is 1. The Morgan fingerprint density at radius 2 is 2.05 bits per heavy atom. The highest BCUT2D eigenvalue weighted by atomic mass is 19.3. The Morgan fingerprint density at radius 1 is 1.38 bits per heavy atom. The van der Waals surface area contributed by atoms with Crippen molar-refractivity contribution in [2.45, 2.75) is 26.5 Å². The van der Waals surface area contributed by atoms with E-state index in [2.05, 4.69) is 9.64 Å². The molecule has 1 fully saturated rings. The largest absolute Gasteiger partial charge is 0.481 e. The minimum Gasteiger partial charge on any atom is -0.481 e. The summed E-state index contributed by atoms with van der Waals surface area (Å²) in [6, 6.07) is 6.68. The highest BCUT2D eigenvalue weighted by molar-refractivity contribution is 5.70. The minimum atomic E-state index is -2.83. The summed E-state index contributed by atoms with van der Waals surface area (Å²) in [5.41, 5.74) is 0.884. The fraction of sp³-hybridized carbons (Fsp3) is 0.533. The van der Waals surface area contributed by atoms with Gasteiger partial charge in [-0.15, -0.1) is 0 Å². The van der Waals surface area contributed by atoms with Gasteiger partial charge in [-0.1, -0.05) is 19.1 Å². The molecule has 1 N–H and O–H groups in total. The Hall–Kier alpha value is -1.69. The third-order valence-electron chi connectivity index (χ3n) is 4.15. The number of aliphatic carboxylic acids is 1. The molecule has 2 rings (SSSR count). The van der Waals surface area contributed by atoms with Crippen LogP contribution in [-0.4, -0.2) is 35.7 Å². The van der Waals surface area contributed by atoms with Crippen LogP contribution in [0.25, 0.3) is 0 Å². The van der Waals surface area contributed by atoms with Gasteiger partial charge >= 0.3 is 12.6 Å². The Labute approximate surface area is 122 Å². The number of carboxylic acids is 1. The Bertz CT molecular complexity index is 503. The maximum atomic E-state index is 12.2. The van der Waals surface area contributed by atoms with Gasteiger partial charge in [-0.3, -0.25) is 9.69 Å². The Morgan fingerprint density at radius 3 is 2.62 bits per heavy atom. The summed E-state index contributed by atoms with van der Waals surface area (Å²) in [4.78, 5) is 13.1. The third-order valence-corrected chi connectivity index (χ3v) is 4.15. The second-order valence-electron chi connectivity index (χ2n) is 5.47. The van der Waals surface area contributed by atoms with Crippen LogP contribution in [-0.2, 0) is 4.79 Å².